The van der Waals surface area contributed by atoms with Gasteiger partial charge in [0.05, 0.1) is 6.61 Å². The number of hydrogen-bond acceptors (Lipinski definition) is 1. The highest BCUT2D eigenvalue weighted by atomic mass is 35.5. The first-order valence-electron chi connectivity index (χ1n) is 1.17. The standard InChI is InChI=1S/C3H6O.ClH/c1-2-3-4;/h3-4H,1-2H2;1H. The van der Waals surface area contributed by atoms with Gasteiger partial charge in [-0.2, -0.15) is 0 Å². The van der Waals surface area contributed by atoms with Crippen LogP contribution in [-0.2, 0) is 0 Å². The van der Waals surface area contributed by atoms with Crippen molar-refractivity contribution in [1.82, 2.24) is 0 Å². The van der Waals surface area contributed by atoms with Gasteiger partial charge in [-0.1, -0.05) is 6.92 Å². The van der Waals surface area contributed by atoms with Crippen LogP contribution in [0, 0.1) is 13.5 Å². The Bertz CT molecular complexity index is 8.85. The maximum atomic E-state index is 7.69. The highest BCUT2D eigenvalue weighted by molar-refractivity contribution is 5.85. The van der Waals surface area contributed by atoms with Crippen molar-refractivity contribution in [1.29, 1.82) is 0 Å². The van der Waals surface area contributed by atoms with E-state index in [1.165, 1.54) is 0 Å². The largest absolute Gasteiger partial charge is 0.390 e. The predicted octanol–water partition coefficient (Wildman–Crippen LogP) is 1.17. The SMILES string of the molecule is Cl.[CH2]C[CH]O. The van der Waals surface area contributed by atoms with Crippen LogP contribution in [-0.4, -0.2) is 5.11 Å². The Morgan fingerprint density at radius 3 is 2.00 bits per heavy atom. The molecule has 0 aromatic rings. The first-order chi connectivity index (χ1) is 1.91. The summed E-state index contributed by atoms with van der Waals surface area (Å²) in [5, 5.41) is 7.69. The van der Waals surface area contributed by atoms with E-state index < -0.39 is 0 Å². The molecule has 32 valence electrons. The molecule has 1 N–H and O–H groups in total. The molecule has 0 aliphatic rings. The summed E-state index contributed by atoms with van der Waals surface area (Å²) in [6.07, 6.45) is 0.500. The number of rotatable bonds is 1. The first kappa shape index (κ1) is 8.98. The van der Waals surface area contributed by atoms with Crippen molar-refractivity contribution >= 4 is 12.4 Å². The fourth-order valence-electron chi connectivity index (χ4n) is 0. The van der Waals surface area contributed by atoms with Crippen LogP contribution in [0.2, 0.25) is 0 Å². The lowest BCUT2D eigenvalue weighted by Crippen LogP contribution is -1.58. The number of aliphatic hydroxyl groups is 1. The molecule has 0 aromatic carbocycles. The second kappa shape index (κ2) is 8.87. The summed E-state index contributed by atoms with van der Waals surface area (Å²) in [5.74, 6) is 0. The van der Waals surface area contributed by atoms with Crippen molar-refractivity contribution in [2.24, 2.45) is 0 Å². The van der Waals surface area contributed by atoms with Crippen LogP contribution in [0.15, 0.2) is 0 Å². The van der Waals surface area contributed by atoms with Crippen molar-refractivity contribution in [3.8, 4) is 0 Å². The van der Waals surface area contributed by atoms with E-state index in [1.54, 1.807) is 0 Å². The first-order valence-corrected chi connectivity index (χ1v) is 1.17. The zero-order chi connectivity index (χ0) is 3.41. The lowest BCUT2D eigenvalue weighted by molar-refractivity contribution is 0.387. The van der Waals surface area contributed by atoms with Crippen LogP contribution in [0.25, 0.3) is 0 Å². The summed E-state index contributed by atoms with van der Waals surface area (Å²) in [6.45, 7) is 4.31. The summed E-state index contributed by atoms with van der Waals surface area (Å²) < 4.78 is 0. The van der Waals surface area contributed by atoms with Crippen LogP contribution in [0.3, 0.4) is 0 Å². The van der Waals surface area contributed by atoms with E-state index in [0.29, 0.717) is 6.42 Å². The quantitative estimate of drug-likeness (QED) is 0.517. The fourth-order valence-corrected chi connectivity index (χ4v) is 0. The second-order valence-electron chi connectivity index (χ2n) is 0.471. The van der Waals surface area contributed by atoms with Gasteiger partial charge in [0, 0.05) is 0 Å². The lowest BCUT2D eigenvalue weighted by atomic mass is 10.5. The molecule has 5 heavy (non-hydrogen) atoms. The molecule has 2 heteroatoms. The van der Waals surface area contributed by atoms with E-state index in [4.69, 9.17) is 5.11 Å². The fraction of sp³-hybridized carbons (Fsp3) is 0.333. The maximum Gasteiger partial charge on any atom is 0.0799 e. The van der Waals surface area contributed by atoms with Crippen LogP contribution in [0.1, 0.15) is 6.42 Å². The Morgan fingerprint density at radius 2 is 2.00 bits per heavy atom. The van der Waals surface area contributed by atoms with Gasteiger partial charge in [-0.15, -0.1) is 12.4 Å². The third-order valence-corrected chi connectivity index (χ3v) is 0.129. The van der Waals surface area contributed by atoms with Crippen molar-refractivity contribution < 1.29 is 5.11 Å². The van der Waals surface area contributed by atoms with Gasteiger partial charge in [0.25, 0.3) is 0 Å². The van der Waals surface area contributed by atoms with Gasteiger partial charge in [-0.05, 0) is 6.42 Å². The highest BCUT2D eigenvalue weighted by Crippen LogP contribution is 1.68. The van der Waals surface area contributed by atoms with E-state index in [9.17, 15) is 0 Å². The monoisotopic (exact) mass is 94.0 g/mol. The molecule has 0 aliphatic carbocycles. The Morgan fingerprint density at radius 1 is 1.80 bits per heavy atom. The van der Waals surface area contributed by atoms with Crippen LogP contribution in [0.5, 0.6) is 0 Å². The molecule has 0 amide bonds. The molecule has 0 aliphatic heterocycles. The van der Waals surface area contributed by atoms with Crippen LogP contribution < -0.4 is 0 Å². The summed E-state index contributed by atoms with van der Waals surface area (Å²) in [5.41, 5.74) is 0. The zero-order valence-electron chi connectivity index (χ0n) is 2.85. The summed E-state index contributed by atoms with van der Waals surface area (Å²) in [4.78, 5) is 0. The molecule has 0 rings (SSSR count). The van der Waals surface area contributed by atoms with Gasteiger partial charge >= 0.3 is 0 Å². The molecule has 2 radical (unpaired) electrons. The van der Waals surface area contributed by atoms with Crippen LogP contribution in [0.4, 0.5) is 0 Å². The van der Waals surface area contributed by atoms with Gasteiger partial charge in [-0.3, -0.25) is 0 Å². The van der Waals surface area contributed by atoms with Crippen molar-refractivity contribution in [3.63, 3.8) is 0 Å². The third kappa shape index (κ3) is 13.8. The Kier molecular flexibility index (Phi) is 15.9. The predicted molar refractivity (Wildman–Crippen MR) is 23.5 cm³/mol. The summed E-state index contributed by atoms with van der Waals surface area (Å²) >= 11 is 0. The minimum absolute atomic E-state index is 0. The van der Waals surface area contributed by atoms with Crippen LogP contribution >= 0.6 is 12.4 Å². The average Bonchev–Trinajstić information content (AvgIpc) is 1.37. The van der Waals surface area contributed by atoms with E-state index in [-0.39, 0.29) is 12.4 Å². The Balaban J connectivity index is 0. The molecular weight excluding hydrogens is 87.5 g/mol. The third-order valence-electron chi connectivity index (χ3n) is 0.129. The normalized spacial score (nSPS) is 6.00. The molecule has 1 nitrogen and oxygen atoms in total. The summed E-state index contributed by atoms with van der Waals surface area (Å²) in [7, 11) is 0. The molecule has 0 atom stereocenters. The van der Waals surface area contributed by atoms with E-state index >= 15 is 0 Å². The molecule has 0 saturated heterocycles. The second-order valence-corrected chi connectivity index (χ2v) is 0.471. The molecular formula is C3H7ClO. The van der Waals surface area contributed by atoms with Gasteiger partial charge in [0.1, 0.15) is 0 Å². The van der Waals surface area contributed by atoms with Crippen molar-refractivity contribution in [2.45, 2.75) is 6.42 Å². The number of hydrogen-bond donors (Lipinski definition) is 1. The van der Waals surface area contributed by atoms with Gasteiger partial charge < -0.3 is 5.11 Å². The average molecular weight is 94.5 g/mol. The minimum atomic E-state index is 0. The molecule has 0 bridgehead atoms. The van der Waals surface area contributed by atoms with Gasteiger partial charge in [0.2, 0.25) is 0 Å². The summed E-state index contributed by atoms with van der Waals surface area (Å²) in [6, 6.07) is 0. The molecule has 0 unspecified atom stereocenters. The molecule has 0 heterocycles. The van der Waals surface area contributed by atoms with Crippen molar-refractivity contribution in [3.05, 3.63) is 13.5 Å². The highest BCUT2D eigenvalue weighted by Gasteiger charge is 1.59. The Hall–Kier alpha value is 0.250. The topological polar surface area (TPSA) is 20.2 Å². The molecule has 0 spiro atoms. The molecule has 0 fully saturated rings. The lowest BCUT2D eigenvalue weighted by Gasteiger charge is -1.67. The van der Waals surface area contributed by atoms with Crippen molar-refractivity contribution in [2.75, 3.05) is 0 Å². The van der Waals surface area contributed by atoms with E-state index in [1.807, 2.05) is 0 Å². The van der Waals surface area contributed by atoms with Gasteiger partial charge in [0.15, 0.2) is 0 Å². The van der Waals surface area contributed by atoms with E-state index in [0.717, 1.165) is 6.61 Å². The maximum absolute atomic E-state index is 7.69. The van der Waals surface area contributed by atoms with E-state index in [2.05, 4.69) is 6.92 Å². The number of aliphatic hydroxyl groups excluding tert-OH is 1. The smallest absolute Gasteiger partial charge is 0.0799 e. The molecule has 0 saturated carbocycles. The number of halogens is 1. The van der Waals surface area contributed by atoms with Gasteiger partial charge in [-0.25, -0.2) is 0 Å². The molecule has 0 aromatic heterocycles. The zero-order valence-corrected chi connectivity index (χ0v) is 3.66. The minimum Gasteiger partial charge on any atom is -0.390 e. The Labute approximate surface area is 38.4 Å².